The number of nitrogens with one attached hydrogen (secondary N) is 2. The fourth-order valence-corrected chi connectivity index (χ4v) is 5.28. The third-order valence-corrected chi connectivity index (χ3v) is 6.96. The van der Waals surface area contributed by atoms with E-state index in [1.54, 1.807) is 31.2 Å². The zero-order valence-corrected chi connectivity index (χ0v) is 21.5. The number of nitriles is 1. The Morgan fingerprint density at radius 2 is 1.86 bits per heavy atom. The van der Waals surface area contributed by atoms with Crippen LogP contribution in [0.4, 0.5) is 5.69 Å². The average molecular weight is 512 g/mol. The number of carbonyl (C=O) groups excluding carboxylic acids is 3. The van der Waals surface area contributed by atoms with Crippen LogP contribution < -0.4 is 10.6 Å². The van der Waals surface area contributed by atoms with Crippen LogP contribution in [0.2, 0.25) is 5.02 Å². The number of hydrogen-bond acceptors (Lipinski definition) is 6. The quantitative estimate of drug-likeness (QED) is 0.409. The number of rotatable bonds is 7. The number of thioether (sulfide) groups is 1. The highest BCUT2D eigenvalue weighted by Crippen LogP contribution is 2.42. The molecule has 2 amide bonds. The molecule has 1 heterocycles. The lowest BCUT2D eigenvalue weighted by atomic mass is 9.78. The average Bonchev–Trinajstić information content (AvgIpc) is 2.80. The molecule has 0 saturated carbocycles. The molecule has 0 spiro atoms. The third-order valence-electron chi connectivity index (χ3n) is 5.60. The molecule has 7 nitrogen and oxygen atoms in total. The number of nitrogens with zero attached hydrogens (tertiary/aromatic N) is 1. The second-order valence-corrected chi connectivity index (χ2v) is 9.58. The summed E-state index contributed by atoms with van der Waals surface area (Å²) in [6.07, 6.45) is 0. The van der Waals surface area contributed by atoms with E-state index in [1.165, 1.54) is 0 Å². The number of amides is 2. The molecule has 2 aromatic rings. The predicted octanol–water partition coefficient (Wildman–Crippen LogP) is 4.77. The molecule has 35 heavy (non-hydrogen) atoms. The Kier molecular flexibility index (Phi) is 8.60. The minimum atomic E-state index is -1.28. The van der Waals surface area contributed by atoms with E-state index >= 15 is 0 Å². The van der Waals surface area contributed by atoms with E-state index in [4.69, 9.17) is 16.3 Å². The van der Waals surface area contributed by atoms with Crippen molar-refractivity contribution in [1.29, 1.82) is 5.26 Å². The fourth-order valence-electron chi connectivity index (χ4n) is 4.18. The van der Waals surface area contributed by atoms with E-state index < -0.39 is 23.7 Å². The number of allylic oxidation sites excluding steroid dienone is 1. The molecule has 0 aliphatic carbocycles. The molecule has 0 fully saturated rings. The molecule has 2 aromatic carbocycles. The van der Waals surface area contributed by atoms with Gasteiger partial charge in [0, 0.05) is 16.6 Å². The summed E-state index contributed by atoms with van der Waals surface area (Å²) in [5.41, 5.74) is 4.34. The number of halogens is 1. The molecule has 1 aliphatic heterocycles. The minimum absolute atomic E-state index is 0.0487. The number of ether oxygens (including phenoxy) is 1. The summed E-state index contributed by atoms with van der Waals surface area (Å²) in [4.78, 5) is 38.5. The van der Waals surface area contributed by atoms with Crippen molar-refractivity contribution in [2.24, 2.45) is 5.92 Å². The predicted molar refractivity (Wildman–Crippen MR) is 137 cm³/mol. The number of carbonyl (C=O) groups is 3. The Morgan fingerprint density at radius 3 is 2.46 bits per heavy atom. The van der Waals surface area contributed by atoms with Crippen molar-refractivity contribution in [2.75, 3.05) is 17.7 Å². The lowest BCUT2D eigenvalue weighted by molar-refractivity contribution is -0.152. The van der Waals surface area contributed by atoms with Crippen molar-refractivity contribution < 1.29 is 19.1 Å². The lowest BCUT2D eigenvalue weighted by Crippen LogP contribution is -2.44. The van der Waals surface area contributed by atoms with Crippen LogP contribution in [-0.2, 0) is 19.1 Å². The van der Waals surface area contributed by atoms with Crippen LogP contribution in [0, 0.1) is 38.0 Å². The lowest BCUT2D eigenvalue weighted by Gasteiger charge is -2.31. The number of anilines is 1. The molecule has 182 valence electrons. The topological polar surface area (TPSA) is 108 Å². The number of benzene rings is 2. The van der Waals surface area contributed by atoms with Crippen LogP contribution in [0.1, 0.15) is 35.1 Å². The van der Waals surface area contributed by atoms with Gasteiger partial charge in [0.1, 0.15) is 5.92 Å². The molecule has 0 radical (unpaired) electrons. The van der Waals surface area contributed by atoms with Crippen LogP contribution >= 0.6 is 23.4 Å². The van der Waals surface area contributed by atoms with E-state index in [0.717, 1.165) is 34.1 Å². The Labute approximate surface area is 213 Å². The summed E-state index contributed by atoms with van der Waals surface area (Å²) in [5.74, 6) is -3.90. The summed E-state index contributed by atoms with van der Waals surface area (Å²) in [6, 6.07) is 12.8. The van der Waals surface area contributed by atoms with Gasteiger partial charge in [0.25, 0.3) is 0 Å². The largest absolute Gasteiger partial charge is 0.465 e. The molecular weight excluding hydrogens is 486 g/mol. The molecule has 3 rings (SSSR count). The smallest absolute Gasteiger partial charge is 0.319 e. The van der Waals surface area contributed by atoms with Crippen molar-refractivity contribution in [3.63, 3.8) is 0 Å². The third kappa shape index (κ3) is 5.87. The van der Waals surface area contributed by atoms with Crippen molar-refractivity contribution in [2.45, 2.75) is 33.6 Å². The van der Waals surface area contributed by atoms with Gasteiger partial charge in [-0.1, -0.05) is 59.3 Å². The molecule has 2 atom stereocenters. The summed E-state index contributed by atoms with van der Waals surface area (Å²) in [6.45, 7) is 7.56. The van der Waals surface area contributed by atoms with E-state index in [9.17, 15) is 19.6 Å². The molecule has 2 N–H and O–H groups in total. The highest BCUT2D eigenvalue weighted by Gasteiger charge is 2.45. The van der Waals surface area contributed by atoms with Gasteiger partial charge in [0.15, 0.2) is 0 Å². The maximum absolute atomic E-state index is 13.0. The monoisotopic (exact) mass is 511 g/mol. The highest BCUT2D eigenvalue weighted by molar-refractivity contribution is 8.03. The van der Waals surface area contributed by atoms with Crippen molar-refractivity contribution in [3.8, 4) is 6.07 Å². The molecule has 0 saturated heterocycles. The molecular formula is C26H26ClN3O4S. The Bertz CT molecular complexity index is 1230. The maximum atomic E-state index is 13.0. The number of hydrogen-bond donors (Lipinski definition) is 2. The van der Waals surface area contributed by atoms with Crippen molar-refractivity contribution in [3.05, 3.63) is 74.3 Å². The van der Waals surface area contributed by atoms with Crippen LogP contribution in [0.5, 0.6) is 0 Å². The number of esters is 1. The van der Waals surface area contributed by atoms with Gasteiger partial charge in [0.2, 0.25) is 11.8 Å². The van der Waals surface area contributed by atoms with Gasteiger partial charge in [-0.15, -0.1) is 0 Å². The normalized spacial score (nSPS) is 17.4. The van der Waals surface area contributed by atoms with Gasteiger partial charge in [-0.2, -0.15) is 5.26 Å². The molecule has 0 aromatic heterocycles. The van der Waals surface area contributed by atoms with Crippen LogP contribution in [-0.4, -0.2) is 30.1 Å². The van der Waals surface area contributed by atoms with Gasteiger partial charge in [0.05, 0.1) is 29.0 Å². The summed E-state index contributed by atoms with van der Waals surface area (Å²) in [5, 5.41) is 16.1. The molecule has 0 bridgehead atoms. The van der Waals surface area contributed by atoms with Gasteiger partial charge >= 0.3 is 5.97 Å². The molecule has 1 aliphatic rings. The standard InChI is InChI=1S/C26H26ClN3O4S/c1-5-34-26(33)22-21(17-8-6-7-9-19(17)27)18(12-28)25(30-24(22)32)35-13-20(31)29-23-15(3)10-14(2)11-16(23)4/h6-11,21-22H,5,13H2,1-4H3,(H,29,31)(H,30,32)/t21-,22+/m0/s1. The van der Waals surface area contributed by atoms with Crippen LogP contribution in [0.3, 0.4) is 0 Å². The summed E-state index contributed by atoms with van der Waals surface area (Å²) >= 11 is 7.42. The summed E-state index contributed by atoms with van der Waals surface area (Å²) in [7, 11) is 0. The fraction of sp³-hybridized carbons (Fsp3) is 0.308. The van der Waals surface area contributed by atoms with E-state index in [0.29, 0.717) is 10.6 Å². The number of aryl methyl sites for hydroxylation is 3. The second kappa shape index (κ2) is 11.4. The molecule has 9 heteroatoms. The van der Waals surface area contributed by atoms with Gasteiger partial charge in [-0.25, -0.2) is 0 Å². The van der Waals surface area contributed by atoms with E-state index in [-0.39, 0.29) is 28.9 Å². The van der Waals surface area contributed by atoms with E-state index in [1.807, 2.05) is 32.9 Å². The van der Waals surface area contributed by atoms with E-state index in [2.05, 4.69) is 16.7 Å². The van der Waals surface area contributed by atoms with Gasteiger partial charge in [-0.3, -0.25) is 14.4 Å². The zero-order chi connectivity index (χ0) is 25.7. The molecule has 0 unspecified atom stereocenters. The first-order chi connectivity index (χ1) is 16.7. The van der Waals surface area contributed by atoms with Crippen molar-refractivity contribution >= 4 is 46.8 Å². The minimum Gasteiger partial charge on any atom is -0.465 e. The first-order valence-corrected chi connectivity index (χ1v) is 12.4. The second-order valence-electron chi connectivity index (χ2n) is 8.18. The van der Waals surface area contributed by atoms with Gasteiger partial charge < -0.3 is 15.4 Å². The maximum Gasteiger partial charge on any atom is 0.319 e. The first-order valence-electron chi connectivity index (χ1n) is 11.0. The van der Waals surface area contributed by atoms with Crippen LogP contribution in [0.15, 0.2) is 47.0 Å². The summed E-state index contributed by atoms with van der Waals surface area (Å²) < 4.78 is 5.12. The Hall–Kier alpha value is -3.28. The van der Waals surface area contributed by atoms with Crippen LogP contribution in [0.25, 0.3) is 0 Å². The van der Waals surface area contributed by atoms with Crippen molar-refractivity contribution in [1.82, 2.24) is 5.32 Å². The Morgan fingerprint density at radius 1 is 1.20 bits per heavy atom. The highest BCUT2D eigenvalue weighted by atomic mass is 35.5. The zero-order valence-electron chi connectivity index (χ0n) is 19.9. The van der Waals surface area contributed by atoms with Gasteiger partial charge in [-0.05, 0) is 50.5 Å². The first kappa shape index (κ1) is 26.3. The SMILES string of the molecule is CCOC(=O)[C@H]1C(=O)NC(SCC(=O)Nc2c(C)cc(C)cc2C)=C(C#N)[C@@H]1c1ccccc1Cl. The Balaban J connectivity index is 1.92.